The monoisotopic (exact) mass is 310 g/mol. The van der Waals surface area contributed by atoms with E-state index in [1.807, 2.05) is 27.7 Å². The molecule has 0 bridgehead atoms. The number of nitrogens with zero attached hydrogens (tertiary/aromatic N) is 1. The minimum absolute atomic E-state index is 0.180. The molecule has 1 aromatic rings. The highest BCUT2D eigenvalue weighted by Gasteiger charge is 2.33. The van der Waals surface area contributed by atoms with E-state index >= 15 is 0 Å². The van der Waals surface area contributed by atoms with E-state index in [4.69, 9.17) is 4.74 Å². The van der Waals surface area contributed by atoms with Crippen LogP contribution in [0.2, 0.25) is 0 Å². The Balaban J connectivity index is 2.63. The molecule has 0 aliphatic carbocycles. The van der Waals surface area contributed by atoms with Gasteiger partial charge in [-0.2, -0.15) is 0 Å². The first kappa shape index (κ1) is 18.0. The number of rotatable bonds is 8. The zero-order valence-electron chi connectivity index (χ0n) is 13.7. The number of thioether (sulfide) groups is 1. The lowest BCUT2D eigenvalue weighted by Crippen LogP contribution is -2.50. The minimum atomic E-state index is -0.628. The first-order valence-electron chi connectivity index (χ1n) is 7.41. The van der Waals surface area contributed by atoms with Gasteiger partial charge in [-0.1, -0.05) is 6.92 Å². The van der Waals surface area contributed by atoms with Gasteiger partial charge in [-0.25, -0.2) is 4.98 Å². The van der Waals surface area contributed by atoms with Crippen molar-refractivity contribution in [1.82, 2.24) is 10.3 Å². The van der Waals surface area contributed by atoms with E-state index in [0.717, 1.165) is 23.0 Å². The molecule has 1 aromatic heterocycles. The van der Waals surface area contributed by atoms with Gasteiger partial charge in [0.2, 0.25) is 0 Å². The van der Waals surface area contributed by atoms with Crippen molar-refractivity contribution in [3.05, 3.63) is 23.4 Å². The highest BCUT2D eigenvalue weighted by atomic mass is 32.2. The van der Waals surface area contributed by atoms with Crippen LogP contribution in [0.4, 0.5) is 0 Å². The Morgan fingerprint density at radius 1 is 1.38 bits per heavy atom. The Kier molecular flexibility index (Phi) is 7.18. The molecule has 5 heteroatoms. The average molecular weight is 310 g/mol. The van der Waals surface area contributed by atoms with Crippen LogP contribution in [0.3, 0.4) is 0 Å². The predicted octanol–water partition coefficient (Wildman–Crippen LogP) is 3.11. The van der Waals surface area contributed by atoms with E-state index in [1.54, 1.807) is 11.8 Å². The number of nitrogens with one attached hydrogen (secondary N) is 1. The number of hydrogen-bond acceptors (Lipinski definition) is 5. The molecular weight excluding hydrogens is 284 g/mol. The fourth-order valence-electron chi connectivity index (χ4n) is 2.18. The number of aryl methyl sites for hydroxylation is 2. The summed E-state index contributed by atoms with van der Waals surface area (Å²) in [6, 6.07) is 4.14. The van der Waals surface area contributed by atoms with Gasteiger partial charge in [0.15, 0.2) is 0 Å². The molecule has 0 spiro atoms. The molecule has 0 aliphatic rings. The van der Waals surface area contributed by atoms with Crippen LogP contribution in [0.1, 0.15) is 38.4 Å². The lowest BCUT2D eigenvalue weighted by atomic mass is 9.99. The van der Waals surface area contributed by atoms with Gasteiger partial charge < -0.3 is 10.1 Å². The Hall–Kier alpha value is -1.07. The van der Waals surface area contributed by atoms with E-state index < -0.39 is 5.54 Å². The zero-order chi connectivity index (χ0) is 15.9. The number of carbonyl (C=O) groups excluding carboxylic acids is 1. The molecule has 0 radical (unpaired) electrons. The summed E-state index contributed by atoms with van der Waals surface area (Å²) in [4.78, 5) is 16.6. The molecule has 0 aliphatic heterocycles. The summed E-state index contributed by atoms with van der Waals surface area (Å²) in [7, 11) is 0. The predicted molar refractivity (Wildman–Crippen MR) is 87.8 cm³/mol. The molecule has 0 fully saturated rings. The fraction of sp³-hybridized carbons (Fsp3) is 0.625. The highest BCUT2D eigenvalue weighted by Crippen LogP contribution is 2.22. The number of carbonyl (C=O) groups is 1. The molecule has 0 amide bonds. The maximum Gasteiger partial charge on any atom is 0.326 e. The molecule has 1 unspecified atom stereocenters. The second kappa shape index (κ2) is 8.39. The van der Waals surface area contributed by atoms with Crippen molar-refractivity contribution in [1.29, 1.82) is 0 Å². The Morgan fingerprint density at radius 3 is 2.67 bits per heavy atom. The minimum Gasteiger partial charge on any atom is -0.465 e. The molecule has 1 atom stereocenters. The van der Waals surface area contributed by atoms with E-state index in [0.29, 0.717) is 13.0 Å². The van der Waals surface area contributed by atoms with Crippen molar-refractivity contribution in [3.63, 3.8) is 0 Å². The summed E-state index contributed by atoms with van der Waals surface area (Å²) in [6.45, 7) is 10.9. The molecule has 1 rings (SSSR count). The zero-order valence-corrected chi connectivity index (χ0v) is 14.5. The molecule has 0 saturated heterocycles. The van der Waals surface area contributed by atoms with Gasteiger partial charge in [0, 0.05) is 11.4 Å². The molecule has 21 heavy (non-hydrogen) atoms. The van der Waals surface area contributed by atoms with E-state index in [2.05, 4.69) is 29.4 Å². The van der Waals surface area contributed by atoms with Crippen LogP contribution in [-0.2, 0) is 9.53 Å². The van der Waals surface area contributed by atoms with Gasteiger partial charge in [0.1, 0.15) is 5.54 Å². The quantitative estimate of drug-likeness (QED) is 0.590. The standard InChI is InChI=1S/C16H26N2O2S/c1-6-17-16(5,15(19)20-7-2)8-9-21-14-11-12(3)10-13(4)18-14/h10-11,17H,6-9H2,1-5H3. The number of ether oxygens (including phenoxy) is 1. The lowest BCUT2D eigenvalue weighted by Gasteiger charge is -2.27. The van der Waals surface area contributed by atoms with Crippen molar-refractivity contribution in [3.8, 4) is 0 Å². The molecule has 4 nitrogen and oxygen atoms in total. The van der Waals surface area contributed by atoms with Gasteiger partial charge >= 0.3 is 5.97 Å². The number of aromatic nitrogens is 1. The van der Waals surface area contributed by atoms with E-state index in [9.17, 15) is 4.79 Å². The second-order valence-corrected chi connectivity index (χ2v) is 6.42. The Bertz CT molecular complexity index is 459. The topological polar surface area (TPSA) is 51.2 Å². The fourth-order valence-corrected chi connectivity index (χ4v) is 3.38. The molecule has 1 heterocycles. The maximum absolute atomic E-state index is 12.1. The first-order valence-corrected chi connectivity index (χ1v) is 8.40. The number of pyridine rings is 1. The highest BCUT2D eigenvalue weighted by molar-refractivity contribution is 7.99. The summed E-state index contributed by atoms with van der Waals surface area (Å²) in [5.74, 6) is 0.638. The molecular formula is C16H26N2O2S. The summed E-state index contributed by atoms with van der Waals surface area (Å²) in [5.41, 5.74) is 1.61. The number of hydrogen-bond donors (Lipinski definition) is 1. The summed E-state index contributed by atoms with van der Waals surface area (Å²) >= 11 is 1.68. The lowest BCUT2D eigenvalue weighted by molar-refractivity contribution is -0.150. The molecule has 0 aromatic carbocycles. The largest absolute Gasteiger partial charge is 0.465 e. The maximum atomic E-state index is 12.1. The Labute approximate surface area is 132 Å². The number of esters is 1. The van der Waals surface area contributed by atoms with Crippen LogP contribution >= 0.6 is 11.8 Å². The first-order chi connectivity index (χ1) is 9.91. The van der Waals surface area contributed by atoms with Crippen molar-refractivity contribution in [2.24, 2.45) is 0 Å². The normalized spacial score (nSPS) is 13.8. The smallest absolute Gasteiger partial charge is 0.326 e. The van der Waals surface area contributed by atoms with Gasteiger partial charge in [-0.05, 0) is 58.4 Å². The summed E-state index contributed by atoms with van der Waals surface area (Å²) in [6.07, 6.45) is 0.707. The van der Waals surface area contributed by atoms with Crippen LogP contribution in [0.5, 0.6) is 0 Å². The van der Waals surface area contributed by atoms with Crippen LogP contribution in [0.15, 0.2) is 17.2 Å². The second-order valence-electron chi connectivity index (χ2n) is 5.31. The number of likely N-dealkylation sites (N-methyl/N-ethyl adjacent to an activating group) is 1. The Morgan fingerprint density at radius 2 is 2.10 bits per heavy atom. The van der Waals surface area contributed by atoms with Crippen LogP contribution in [-0.4, -0.2) is 35.4 Å². The van der Waals surface area contributed by atoms with Crippen LogP contribution < -0.4 is 5.32 Å². The van der Waals surface area contributed by atoms with E-state index in [-0.39, 0.29) is 5.97 Å². The van der Waals surface area contributed by atoms with Gasteiger partial charge in [0.25, 0.3) is 0 Å². The summed E-state index contributed by atoms with van der Waals surface area (Å²) < 4.78 is 5.17. The van der Waals surface area contributed by atoms with Gasteiger partial charge in [-0.3, -0.25) is 4.79 Å². The van der Waals surface area contributed by atoms with Crippen molar-refractivity contribution >= 4 is 17.7 Å². The van der Waals surface area contributed by atoms with Crippen molar-refractivity contribution in [2.45, 2.75) is 51.6 Å². The van der Waals surface area contributed by atoms with Crippen molar-refractivity contribution in [2.75, 3.05) is 18.9 Å². The third-order valence-electron chi connectivity index (χ3n) is 3.22. The van der Waals surface area contributed by atoms with Gasteiger partial charge in [-0.15, -0.1) is 11.8 Å². The van der Waals surface area contributed by atoms with Crippen molar-refractivity contribution < 1.29 is 9.53 Å². The summed E-state index contributed by atoms with van der Waals surface area (Å²) in [5, 5.41) is 4.25. The van der Waals surface area contributed by atoms with Gasteiger partial charge in [0.05, 0.1) is 11.6 Å². The molecule has 118 valence electrons. The van der Waals surface area contributed by atoms with E-state index in [1.165, 1.54) is 5.56 Å². The average Bonchev–Trinajstić information content (AvgIpc) is 2.38. The molecule has 0 saturated carbocycles. The molecule has 1 N–H and O–H groups in total. The van der Waals surface area contributed by atoms with Crippen LogP contribution in [0, 0.1) is 13.8 Å². The SMILES string of the molecule is CCNC(C)(CCSc1cc(C)cc(C)n1)C(=O)OCC. The third kappa shape index (κ3) is 5.67. The van der Waals surface area contributed by atoms with Crippen LogP contribution in [0.25, 0.3) is 0 Å². The third-order valence-corrected chi connectivity index (χ3v) is 4.13.